The van der Waals surface area contributed by atoms with Crippen LogP contribution >= 0.6 is 0 Å². The summed E-state index contributed by atoms with van der Waals surface area (Å²) < 4.78 is 6.27. The van der Waals surface area contributed by atoms with E-state index in [2.05, 4.69) is 181 Å². The molecule has 0 radical (unpaired) electrons. The predicted octanol–water partition coefficient (Wildman–Crippen LogP) is 14.2. The minimum absolute atomic E-state index is 0.129. The van der Waals surface area contributed by atoms with E-state index in [0.717, 1.165) is 62.1 Å². The second-order valence-corrected chi connectivity index (χ2v) is 15.7. The van der Waals surface area contributed by atoms with Gasteiger partial charge in [0.15, 0.2) is 29.0 Å². The number of ether oxygens (including phenoxy) is 1. The molecule has 0 atom stereocenters. The summed E-state index contributed by atoms with van der Waals surface area (Å²) in [5.74, 6) is 3.44. The van der Waals surface area contributed by atoms with Gasteiger partial charge in [-0.1, -0.05) is 129 Å². The molecule has 0 spiro atoms. The molecule has 0 N–H and O–H groups in total. The molecule has 6 heteroatoms. The van der Waals surface area contributed by atoms with Crippen molar-refractivity contribution in [2.45, 2.75) is 19.3 Å². The Bertz CT molecular complexity index is 2940. The SMILES string of the molecule is CC1(C)c2ccccc2N(c2ccc(-c3nc(-c4ccc(-c5ccccc5)cc4)nc(-c4ccc(N5c6ccccc6Oc6ccccc65)cc4)n3)cc2)c2ccccc21. The summed E-state index contributed by atoms with van der Waals surface area (Å²) in [6.07, 6.45) is 0. The molecule has 9 aromatic rings. The maximum Gasteiger partial charge on any atom is 0.164 e. The topological polar surface area (TPSA) is 54.4 Å². The molecule has 286 valence electrons. The van der Waals surface area contributed by atoms with Crippen LogP contribution in [0.1, 0.15) is 25.0 Å². The fraction of sp³-hybridized carbons (Fsp3) is 0.0556. The van der Waals surface area contributed by atoms with Crippen LogP contribution in [-0.4, -0.2) is 15.0 Å². The van der Waals surface area contributed by atoms with Crippen LogP contribution in [0.3, 0.4) is 0 Å². The molecule has 0 unspecified atom stereocenters. The number of para-hydroxylation sites is 6. The number of benzene rings is 8. The van der Waals surface area contributed by atoms with Crippen molar-refractivity contribution in [2.24, 2.45) is 0 Å². The van der Waals surface area contributed by atoms with Crippen molar-refractivity contribution in [1.82, 2.24) is 15.0 Å². The van der Waals surface area contributed by atoms with Crippen LogP contribution in [0.2, 0.25) is 0 Å². The average Bonchev–Trinajstić information content (AvgIpc) is 3.31. The van der Waals surface area contributed by atoms with E-state index in [9.17, 15) is 0 Å². The van der Waals surface area contributed by atoms with Gasteiger partial charge in [-0.05, 0) is 107 Å². The highest BCUT2D eigenvalue weighted by atomic mass is 16.5. The van der Waals surface area contributed by atoms with E-state index in [1.54, 1.807) is 0 Å². The zero-order valence-electron chi connectivity index (χ0n) is 33.2. The minimum atomic E-state index is -0.129. The number of fused-ring (bicyclic) bond motifs is 4. The van der Waals surface area contributed by atoms with Crippen molar-refractivity contribution < 1.29 is 4.74 Å². The number of nitrogens with zero attached hydrogens (tertiary/aromatic N) is 5. The molecule has 11 rings (SSSR count). The van der Waals surface area contributed by atoms with Gasteiger partial charge >= 0.3 is 0 Å². The van der Waals surface area contributed by atoms with Crippen LogP contribution in [-0.2, 0) is 5.41 Å². The maximum atomic E-state index is 6.27. The van der Waals surface area contributed by atoms with Crippen LogP contribution in [0, 0.1) is 0 Å². The second kappa shape index (κ2) is 14.2. The van der Waals surface area contributed by atoms with Crippen molar-refractivity contribution in [3.8, 4) is 56.8 Å². The van der Waals surface area contributed by atoms with Crippen molar-refractivity contribution in [1.29, 1.82) is 0 Å². The molecule has 1 aromatic heterocycles. The number of anilines is 6. The van der Waals surface area contributed by atoms with Crippen LogP contribution in [0.15, 0.2) is 200 Å². The van der Waals surface area contributed by atoms with Gasteiger partial charge in [0.1, 0.15) is 0 Å². The molecule has 60 heavy (non-hydrogen) atoms. The smallest absolute Gasteiger partial charge is 0.164 e. The first kappa shape index (κ1) is 35.3. The van der Waals surface area contributed by atoms with Crippen molar-refractivity contribution in [2.75, 3.05) is 9.80 Å². The minimum Gasteiger partial charge on any atom is -0.453 e. The average molecular weight is 774 g/mol. The lowest BCUT2D eigenvalue weighted by molar-refractivity contribution is 0.477. The summed E-state index contributed by atoms with van der Waals surface area (Å²) in [4.78, 5) is 20.0. The maximum absolute atomic E-state index is 6.27. The normalized spacial score (nSPS) is 13.4. The lowest BCUT2D eigenvalue weighted by Crippen LogP contribution is -2.30. The van der Waals surface area contributed by atoms with Gasteiger partial charge in [0, 0.05) is 33.5 Å². The third-order valence-corrected chi connectivity index (χ3v) is 11.7. The highest BCUT2D eigenvalue weighted by Gasteiger charge is 2.36. The van der Waals surface area contributed by atoms with Gasteiger partial charge in [0.05, 0.1) is 22.7 Å². The van der Waals surface area contributed by atoms with Crippen LogP contribution < -0.4 is 14.5 Å². The van der Waals surface area contributed by atoms with Gasteiger partial charge in [0.25, 0.3) is 0 Å². The number of hydrogen-bond donors (Lipinski definition) is 0. The summed E-state index contributed by atoms with van der Waals surface area (Å²) in [7, 11) is 0. The highest BCUT2D eigenvalue weighted by molar-refractivity contribution is 5.88. The van der Waals surface area contributed by atoms with Crippen LogP contribution in [0.25, 0.3) is 45.3 Å². The van der Waals surface area contributed by atoms with Crippen LogP contribution in [0.4, 0.5) is 34.1 Å². The quantitative estimate of drug-likeness (QED) is 0.168. The van der Waals surface area contributed by atoms with Crippen molar-refractivity contribution >= 4 is 34.1 Å². The molecule has 8 aromatic carbocycles. The Morgan fingerprint density at radius 2 is 0.667 bits per heavy atom. The first-order valence-corrected chi connectivity index (χ1v) is 20.3. The van der Waals surface area contributed by atoms with E-state index >= 15 is 0 Å². The first-order valence-electron chi connectivity index (χ1n) is 20.3. The van der Waals surface area contributed by atoms with Crippen molar-refractivity contribution in [3.05, 3.63) is 211 Å². The predicted molar refractivity (Wildman–Crippen MR) is 243 cm³/mol. The molecular weight excluding hydrogens is 735 g/mol. The van der Waals surface area contributed by atoms with Gasteiger partial charge in [-0.2, -0.15) is 0 Å². The number of aromatic nitrogens is 3. The number of rotatable bonds is 6. The zero-order valence-corrected chi connectivity index (χ0v) is 33.2. The Morgan fingerprint density at radius 1 is 0.333 bits per heavy atom. The standard InChI is InChI=1S/C54H39N5O/c1-54(2)43-16-6-8-18-45(43)58(46-19-9-7-17-44(46)54)41-32-28-39(29-33-41)52-55-51(38-26-24-37(25-27-38)36-14-4-3-5-15-36)56-53(57-52)40-30-34-42(35-31-40)59-47-20-10-12-22-49(47)60-50-23-13-11-21-48(50)59/h3-35H,1-2H3. The van der Waals surface area contributed by atoms with E-state index in [0.29, 0.717) is 17.5 Å². The Kier molecular flexibility index (Phi) is 8.38. The molecule has 2 aliphatic rings. The molecule has 2 aliphatic heterocycles. The molecule has 0 bridgehead atoms. The molecule has 0 aliphatic carbocycles. The number of hydrogen-bond acceptors (Lipinski definition) is 6. The lowest BCUT2D eigenvalue weighted by Gasteiger charge is -2.42. The molecule has 0 saturated carbocycles. The largest absolute Gasteiger partial charge is 0.453 e. The molecule has 6 nitrogen and oxygen atoms in total. The van der Waals surface area contributed by atoms with E-state index < -0.39 is 0 Å². The van der Waals surface area contributed by atoms with Gasteiger partial charge in [-0.25, -0.2) is 15.0 Å². The highest BCUT2D eigenvalue weighted by Crippen LogP contribution is 2.52. The fourth-order valence-corrected chi connectivity index (χ4v) is 8.65. The van der Waals surface area contributed by atoms with E-state index in [-0.39, 0.29) is 5.41 Å². The summed E-state index contributed by atoms with van der Waals surface area (Å²) in [6, 6.07) is 69.6. The zero-order chi connectivity index (χ0) is 40.2. The molecule has 3 heterocycles. The van der Waals surface area contributed by atoms with Crippen molar-refractivity contribution in [3.63, 3.8) is 0 Å². The molecule has 0 fully saturated rings. The third kappa shape index (κ3) is 6.00. The summed E-state index contributed by atoms with van der Waals surface area (Å²) in [6.45, 7) is 4.62. The molecule has 0 saturated heterocycles. The second-order valence-electron chi connectivity index (χ2n) is 15.7. The lowest BCUT2D eigenvalue weighted by atomic mass is 9.73. The Morgan fingerprint density at radius 3 is 1.13 bits per heavy atom. The van der Waals surface area contributed by atoms with Gasteiger partial charge in [0.2, 0.25) is 0 Å². The van der Waals surface area contributed by atoms with E-state index in [1.165, 1.54) is 22.5 Å². The van der Waals surface area contributed by atoms with Crippen LogP contribution in [0.5, 0.6) is 11.5 Å². The van der Waals surface area contributed by atoms with E-state index in [4.69, 9.17) is 19.7 Å². The first-order chi connectivity index (χ1) is 29.5. The Hall–Kier alpha value is -7.83. The monoisotopic (exact) mass is 773 g/mol. The van der Waals surface area contributed by atoms with Gasteiger partial charge in [-0.15, -0.1) is 0 Å². The summed E-state index contributed by atoms with van der Waals surface area (Å²) >= 11 is 0. The van der Waals surface area contributed by atoms with Gasteiger partial charge in [-0.3, -0.25) is 0 Å². The third-order valence-electron chi connectivity index (χ3n) is 11.7. The molecular formula is C54H39N5O. The summed E-state index contributed by atoms with van der Waals surface area (Å²) in [5, 5.41) is 0. The van der Waals surface area contributed by atoms with Gasteiger partial charge < -0.3 is 14.5 Å². The summed E-state index contributed by atoms with van der Waals surface area (Å²) in [5.41, 5.74) is 13.9. The Labute approximate surface area is 349 Å². The molecule has 0 amide bonds. The fourth-order valence-electron chi connectivity index (χ4n) is 8.65. The Balaban J connectivity index is 0.993. The van der Waals surface area contributed by atoms with E-state index in [1.807, 2.05) is 42.5 Å².